The first-order valence-corrected chi connectivity index (χ1v) is 24.0. The van der Waals surface area contributed by atoms with E-state index < -0.39 is 0 Å². The molecule has 0 aliphatic carbocycles. The molecule has 0 aliphatic heterocycles. The van der Waals surface area contributed by atoms with Gasteiger partial charge in [0.25, 0.3) is 0 Å². The van der Waals surface area contributed by atoms with E-state index in [4.69, 9.17) is 0 Å². The molecule has 0 aromatic heterocycles. The average molecular weight is 733 g/mol. The van der Waals surface area contributed by atoms with Crippen LogP contribution in [-0.4, -0.2) is 27.2 Å². The molecule has 0 radical (unpaired) electrons. The van der Waals surface area contributed by atoms with Crippen LogP contribution >= 0.6 is 0 Å². The normalized spacial score (nSPS) is 12.8. The van der Waals surface area contributed by atoms with Crippen LogP contribution in [0.25, 0.3) is 0 Å². The number of nitrogens with one attached hydrogen (secondary N) is 2. The van der Waals surface area contributed by atoms with Crippen molar-refractivity contribution in [3.63, 3.8) is 0 Å². The molecule has 2 N–H and O–H groups in total. The van der Waals surface area contributed by atoms with Crippen LogP contribution in [0.1, 0.15) is 230 Å². The summed E-state index contributed by atoms with van der Waals surface area (Å²) in [5.74, 6) is 0. The lowest BCUT2D eigenvalue weighted by Gasteiger charge is -2.15. The van der Waals surface area contributed by atoms with Gasteiger partial charge >= 0.3 is 0 Å². The Kier molecular flexibility index (Phi) is 31.2. The molecule has 0 spiro atoms. The molecule has 2 aromatic rings. The summed E-state index contributed by atoms with van der Waals surface area (Å²) in [6.45, 7) is 7.10. The van der Waals surface area contributed by atoms with Crippen LogP contribution in [0.5, 0.6) is 0 Å². The van der Waals surface area contributed by atoms with Gasteiger partial charge < -0.3 is 9.80 Å². The molecule has 2 unspecified atom stereocenters. The van der Waals surface area contributed by atoms with Gasteiger partial charge in [0.05, 0.1) is 27.2 Å². The van der Waals surface area contributed by atoms with E-state index in [-0.39, 0.29) is 0 Å². The van der Waals surface area contributed by atoms with Crippen molar-refractivity contribution in [2.75, 3.05) is 27.2 Å². The SMILES string of the molecule is CCCCCCCCCCCCCCCCCC[NH+](C)c1ccc(Cc2ccc([NH+](C)CCCCCCCCCCCCCCCCCC)cc2)cc1. The van der Waals surface area contributed by atoms with Crippen molar-refractivity contribution in [2.45, 2.75) is 226 Å². The summed E-state index contributed by atoms with van der Waals surface area (Å²) in [7, 11) is 4.69. The molecule has 0 bridgehead atoms. The topological polar surface area (TPSA) is 8.88 Å². The van der Waals surface area contributed by atoms with Gasteiger partial charge in [-0.25, -0.2) is 0 Å². The number of unbranched alkanes of at least 4 members (excludes halogenated alkanes) is 30. The van der Waals surface area contributed by atoms with Crippen LogP contribution in [0.4, 0.5) is 11.4 Å². The molecule has 304 valence electrons. The van der Waals surface area contributed by atoms with E-state index in [9.17, 15) is 0 Å². The van der Waals surface area contributed by atoms with Gasteiger partial charge in [0.2, 0.25) is 0 Å². The lowest BCUT2D eigenvalue weighted by atomic mass is 10.0. The second-order valence-electron chi connectivity index (χ2n) is 17.2. The monoisotopic (exact) mass is 733 g/mol. The highest BCUT2D eigenvalue weighted by molar-refractivity contribution is 5.38. The number of benzene rings is 2. The first-order valence-electron chi connectivity index (χ1n) is 24.0. The Labute approximate surface area is 332 Å². The molecule has 2 nitrogen and oxygen atoms in total. The lowest BCUT2D eigenvalue weighted by molar-refractivity contribution is -0.810. The number of quaternary nitrogens is 2. The summed E-state index contributed by atoms with van der Waals surface area (Å²) in [6, 6.07) is 18.9. The van der Waals surface area contributed by atoms with Crippen LogP contribution in [-0.2, 0) is 6.42 Å². The molecule has 0 aliphatic rings. The van der Waals surface area contributed by atoms with Crippen LogP contribution in [0.2, 0.25) is 0 Å². The number of rotatable bonds is 38. The predicted molar refractivity (Wildman–Crippen MR) is 238 cm³/mol. The quantitative estimate of drug-likeness (QED) is 0.0636. The molecule has 2 heteroatoms. The molecule has 53 heavy (non-hydrogen) atoms. The van der Waals surface area contributed by atoms with Crippen molar-refractivity contribution in [1.29, 1.82) is 0 Å². The Balaban J connectivity index is 1.44. The van der Waals surface area contributed by atoms with Gasteiger partial charge in [-0.15, -0.1) is 0 Å². The molecule has 2 atom stereocenters. The van der Waals surface area contributed by atoms with Crippen molar-refractivity contribution in [1.82, 2.24) is 0 Å². The minimum absolute atomic E-state index is 1.02. The highest BCUT2D eigenvalue weighted by atomic mass is 15.1. The van der Waals surface area contributed by atoms with Crippen molar-refractivity contribution in [3.05, 3.63) is 59.7 Å². The van der Waals surface area contributed by atoms with E-state index in [2.05, 4.69) is 76.5 Å². The minimum atomic E-state index is 1.02. The fourth-order valence-electron chi connectivity index (χ4n) is 8.22. The Morgan fingerprint density at radius 1 is 0.283 bits per heavy atom. The first kappa shape index (κ1) is 47.5. The molecule has 0 saturated carbocycles. The lowest BCUT2D eigenvalue weighted by Crippen LogP contribution is -3.03. The smallest absolute Gasteiger partial charge is 0.130 e. The number of hydrogen-bond acceptors (Lipinski definition) is 0. The molecule has 2 rings (SSSR count). The maximum atomic E-state index is 2.36. The average Bonchev–Trinajstić information content (AvgIpc) is 3.18. The molecule has 0 fully saturated rings. The zero-order valence-electron chi connectivity index (χ0n) is 36.4. The van der Waals surface area contributed by atoms with Crippen LogP contribution < -0.4 is 9.80 Å². The Morgan fingerprint density at radius 2 is 0.491 bits per heavy atom. The van der Waals surface area contributed by atoms with Crippen LogP contribution in [0.15, 0.2) is 48.5 Å². The van der Waals surface area contributed by atoms with E-state index >= 15 is 0 Å². The summed E-state index contributed by atoms with van der Waals surface area (Å²) in [6.07, 6.45) is 47.0. The van der Waals surface area contributed by atoms with Crippen molar-refractivity contribution < 1.29 is 9.80 Å². The molecule has 2 aromatic carbocycles. The van der Waals surface area contributed by atoms with Gasteiger partial charge in [0.1, 0.15) is 11.4 Å². The van der Waals surface area contributed by atoms with Crippen molar-refractivity contribution >= 4 is 11.4 Å². The summed E-state index contributed by atoms with van der Waals surface area (Å²) >= 11 is 0. The Hall–Kier alpha value is -1.64. The predicted octanol–water partition coefficient (Wildman–Crippen LogP) is 14.1. The molecule has 0 amide bonds. The molecule has 0 saturated heterocycles. The van der Waals surface area contributed by atoms with Gasteiger partial charge in [-0.3, -0.25) is 0 Å². The van der Waals surface area contributed by atoms with E-state index in [0.29, 0.717) is 0 Å². The third kappa shape index (κ3) is 26.7. The maximum Gasteiger partial charge on any atom is 0.130 e. The van der Waals surface area contributed by atoms with Gasteiger partial charge in [-0.1, -0.05) is 218 Å². The third-order valence-electron chi connectivity index (χ3n) is 12.1. The fraction of sp³-hybridized carbons (Fsp3) is 0.765. The van der Waals surface area contributed by atoms with E-state index in [1.165, 1.54) is 241 Å². The highest BCUT2D eigenvalue weighted by Crippen LogP contribution is 2.17. The Morgan fingerprint density at radius 3 is 0.717 bits per heavy atom. The second kappa shape index (κ2) is 34.8. The second-order valence-corrected chi connectivity index (χ2v) is 17.2. The van der Waals surface area contributed by atoms with E-state index in [0.717, 1.165) is 6.42 Å². The summed E-state index contributed by atoms with van der Waals surface area (Å²) in [5.41, 5.74) is 5.71. The molecular formula is C51H92N2+2. The minimum Gasteiger partial charge on any atom is -0.305 e. The van der Waals surface area contributed by atoms with E-state index in [1.807, 2.05) is 0 Å². The van der Waals surface area contributed by atoms with Gasteiger partial charge in [-0.2, -0.15) is 0 Å². The van der Waals surface area contributed by atoms with Crippen molar-refractivity contribution in [3.8, 4) is 0 Å². The van der Waals surface area contributed by atoms with Gasteiger partial charge in [-0.05, 0) is 67.5 Å². The standard InChI is InChI=1S/C51H90N2/c1-5-7-9-11-13-15-17-19-21-23-25-27-29-31-33-35-45-52(3)50-41-37-48(38-42-50)47-49-39-43-51(44-40-49)53(4)46-36-34-32-30-28-26-24-22-20-18-16-14-12-10-8-6-2/h37-44H,5-36,45-47H2,1-4H3/p+2. The van der Waals surface area contributed by atoms with Gasteiger partial charge in [0.15, 0.2) is 0 Å². The number of hydrogen-bond donors (Lipinski definition) is 2. The third-order valence-corrected chi connectivity index (χ3v) is 12.1. The van der Waals surface area contributed by atoms with Crippen LogP contribution in [0, 0.1) is 0 Å². The highest BCUT2D eigenvalue weighted by Gasteiger charge is 2.09. The Bertz CT molecular complexity index is 944. The fourth-order valence-corrected chi connectivity index (χ4v) is 8.22. The van der Waals surface area contributed by atoms with E-state index in [1.54, 1.807) is 9.80 Å². The summed E-state index contributed by atoms with van der Waals surface area (Å²) in [4.78, 5) is 3.11. The zero-order valence-corrected chi connectivity index (χ0v) is 36.4. The summed E-state index contributed by atoms with van der Waals surface area (Å²) in [5, 5.41) is 0. The maximum absolute atomic E-state index is 2.36. The molecule has 0 heterocycles. The first-order chi connectivity index (χ1) is 26.1. The zero-order chi connectivity index (χ0) is 37.9. The summed E-state index contributed by atoms with van der Waals surface area (Å²) < 4.78 is 0. The van der Waals surface area contributed by atoms with Gasteiger partial charge in [0, 0.05) is 0 Å². The van der Waals surface area contributed by atoms with Crippen LogP contribution in [0.3, 0.4) is 0 Å². The molecular weight excluding hydrogens is 641 g/mol. The largest absolute Gasteiger partial charge is 0.305 e. The van der Waals surface area contributed by atoms with Crippen molar-refractivity contribution in [2.24, 2.45) is 0 Å².